The molecule has 0 fully saturated rings. The Kier molecular flexibility index (Phi) is 3.04. The molecule has 6 nitrogen and oxygen atoms in total. The second-order valence-corrected chi connectivity index (χ2v) is 5.24. The van der Waals surface area contributed by atoms with Crippen molar-refractivity contribution < 1.29 is 17.3 Å². The molecule has 2 rings (SSSR count). The monoisotopic (exact) mass is 271 g/mol. The van der Waals surface area contributed by atoms with Gasteiger partial charge in [0.15, 0.2) is 10.7 Å². The second-order valence-electron chi connectivity index (χ2n) is 3.62. The third kappa shape index (κ3) is 2.33. The summed E-state index contributed by atoms with van der Waals surface area (Å²) < 4.78 is 43.8. The summed E-state index contributed by atoms with van der Waals surface area (Å²) >= 11 is 0. The zero-order chi connectivity index (χ0) is 13.3. The minimum absolute atomic E-state index is 0.0244. The average Bonchev–Trinajstić information content (AvgIpc) is 2.62. The van der Waals surface area contributed by atoms with Crippen molar-refractivity contribution in [2.75, 3.05) is 4.72 Å². The molecule has 0 unspecified atom stereocenters. The van der Waals surface area contributed by atoms with Crippen LogP contribution < -0.4 is 4.72 Å². The summed E-state index contributed by atoms with van der Waals surface area (Å²) in [6.45, 7) is 3.01. The van der Waals surface area contributed by atoms with Gasteiger partial charge in [0.2, 0.25) is 0 Å². The molecule has 0 radical (unpaired) electrons. The molecule has 0 saturated carbocycles. The van der Waals surface area contributed by atoms with Gasteiger partial charge in [0.05, 0.1) is 6.20 Å². The average molecular weight is 271 g/mol. The van der Waals surface area contributed by atoms with Gasteiger partial charge in [-0.25, -0.2) is 17.8 Å². The number of halogens is 1. The molecule has 0 bridgehead atoms. The van der Waals surface area contributed by atoms with E-state index in [2.05, 4.69) is 14.9 Å². The van der Waals surface area contributed by atoms with Crippen LogP contribution in [0.4, 0.5) is 10.2 Å². The van der Waals surface area contributed by atoms with Gasteiger partial charge < -0.3 is 4.52 Å². The van der Waals surface area contributed by atoms with Crippen LogP contribution in [0, 0.1) is 19.7 Å². The Morgan fingerprint density at radius 2 is 2.06 bits per heavy atom. The first-order chi connectivity index (χ1) is 8.40. The first-order valence-corrected chi connectivity index (χ1v) is 6.46. The highest BCUT2D eigenvalue weighted by atomic mass is 32.2. The van der Waals surface area contributed by atoms with Crippen molar-refractivity contribution >= 4 is 15.8 Å². The summed E-state index contributed by atoms with van der Waals surface area (Å²) in [6, 6.07) is 2.34. The molecule has 8 heteroatoms. The SMILES string of the molecule is Cc1noc(C)c1S(=O)(=O)Nc1ccc(F)cn1. The van der Waals surface area contributed by atoms with Crippen molar-refractivity contribution in [2.24, 2.45) is 0 Å². The third-order valence-corrected chi connectivity index (χ3v) is 3.80. The molecule has 0 spiro atoms. The van der Waals surface area contributed by atoms with Gasteiger partial charge in [-0.3, -0.25) is 4.72 Å². The summed E-state index contributed by atoms with van der Waals surface area (Å²) in [6.07, 6.45) is 0.922. The van der Waals surface area contributed by atoms with Crippen LogP contribution in [0.5, 0.6) is 0 Å². The summed E-state index contributed by atoms with van der Waals surface area (Å²) in [4.78, 5) is 3.58. The molecule has 0 aliphatic rings. The van der Waals surface area contributed by atoms with Crippen molar-refractivity contribution in [2.45, 2.75) is 18.7 Å². The number of rotatable bonds is 3. The number of nitrogens with one attached hydrogen (secondary N) is 1. The van der Waals surface area contributed by atoms with Crippen LogP contribution in [0.2, 0.25) is 0 Å². The Labute approximate surface area is 103 Å². The van der Waals surface area contributed by atoms with E-state index in [0.717, 1.165) is 12.3 Å². The van der Waals surface area contributed by atoms with Crippen LogP contribution in [0.15, 0.2) is 27.7 Å². The molecule has 18 heavy (non-hydrogen) atoms. The van der Waals surface area contributed by atoms with Gasteiger partial charge >= 0.3 is 0 Å². The van der Waals surface area contributed by atoms with Crippen molar-refractivity contribution in [3.8, 4) is 0 Å². The summed E-state index contributed by atoms with van der Waals surface area (Å²) in [7, 11) is -3.84. The van der Waals surface area contributed by atoms with Crippen LogP contribution in [0.1, 0.15) is 11.5 Å². The highest BCUT2D eigenvalue weighted by molar-refractivity contribution is 7.92. The molecule has 0 aliphatic heterocycles. The smallest absolute Gasteiger partial charge is 0.268 e. The maximum Gasteiger partial charge on any atom is 0.268 e. The molecule has 0 atom stereocenters. The topological polar surface area (TPSA) is 85.1 Å². The zero-order valence-corrected chi connectivity index (χ0v) is 10.5. The Morgan fingerprint density at radius 1 is 1.33 bits per heavy atom. The molecule has 1 N–H and O–H groups in total. The van der Waals surface area contributed by atoms with Gasteiger partial charge in [-0.1, -0.05) is 5.16 Å². The number of hydrogen-bond donors (Lipinski definition) is 1. The first-order valence-electron chi connectivity index (χ1n) is 4.97. The second kappa shape index (κ2) is 4.37. The van der Waals surface area contributed by atoms with Gasteiger partial charge in [0, 0.05) is 0 Å². The van der Waals surface area contributed by atoms with Crippen LogP contribution >= 0.6 is 0 Å². The van der Waals surface area contributed by atoms with Crippen molar-refractivity contribution in [3.63, 3.8) is 0 Å². The van der Waals surface area contributed by atoms with E-state index in [9.17, 15) is 12.8 Å². The largest absolute Gasteiger partial charge is 0.360 e. The predicted molar refractivity (Wildman–Crippen MR) is 61.0 cm³/mol. The number of pyridine rings is 1. The fourth-order valence-corrected chi connectivity index (χ4v) is 2.82. The molecule has 0 amide bonds. The third-order valence-electron chi connectivity index (χ3n) is 2.20. The Balaban J connectivity index is 2.36. The highest BCUT2D eigenvalue weighted by Crippen LogP contribution is 2.21. The number of nitrogens with zero attached hydrogens (tertiary/aromatic N) is 2. The van der Waals surface area contributed by atoms with Gasteiger partial charge in [-0.05, 0) is 26.0 Å². The standard InChI is InChI=1S/C10H10FN3O3S/c1-6-10(7(2)17-13-6)18(15,16)14-9-4-3-8(11)5-12-9/h3-5H,1-2H3,(H,12,14). The molecule has 0 aliphatic carbocycles. The van der Waals surface area contributed by atoms with E-state index in [1.165, 1.54) is 19.9 Å². The fourth-order valence-electron chi connectivity index (χ4n) is 1.48. The Bertz CT molecular complexity index is 645. The van der Waals surface area contributed by atoms with Crippen LogP contribution in [0.3, 0.4) is 0 Å². The van der Waals surface area contributed by atoms with Gasteiger partial charge in [-0.2, -0.15) is 0 Å². The minimum Gasteiger partial charge on any atom is -0.360 e. The number of anilines is 1. The molecule has 2 aromatic heterocycles. The summed E-state index contributed by atoms with van der Waals surface area (Å²) in [5.74, 6) is -0.339. The van der Waals surface area contributed by atoms with Crippen LogP contribution in [0.25, 0.3) is 0 Å². The molecule has 2 aromatic rings. The summed E-state index contributed by atoms with van der Waals surface area (Å²) in [5.41, 5.74) is 0.252. The lowest BCUT2D eigenvalue weighted by molar-refractivity contribution is 0.390. The van der Waals surface area contributed by atoms with E-state index >= 15 is 0 Å². The molecule has 96 valence electrons. The van der Waals surface area contributed by atoms with E-state index in [1.54, 1.807) is 0 Å². The number of aryl methyl sites for hydroxylation is 2. The van der Waals surface area contributed by atoms with Crippen LogP contribution in [-0.4, -0.2) is 18.6 Å². The van der Waals surface area contributed by atoms with Gasteiger partial charge in [0.1, 0.15) is 17.3 Å². The zero-order valence-electron chi connectivity index (χ0n) is 9.64. The summed E-state index contributed by atoms with van der Waals surface area (Å²) in [5, 5.41) is 3.56. The van der Waals surface area contributed by atoms with Gasteiger partial charge in [0.25, 0.3) is 10.0 Å². The number of aromatic nitrogens is 2. The maximum absolute atomic E-state index is 12.7. The maximum atomic E-state index is 12.7. The molecule has 2 heterocycles. The lowest BCUT2D eigenvalue weighted by atomic mass is 10.4. The van der Waals surface area contributed by atoms with E-state index in [-0.39, 0.29) is 22.2 Å². The lowest BCUT2D eigenvalue weighted by Gasteiger charge is -2.06. The lowest BCUT2D eigenvalue weighted by Crippen LogP contribution is -2.15. The van der Waals surface area contributed by atoms with E-state index < -0.39 is 15.8 Å². The van der Waals surface area contributed by atoms with E-state index in [1.807, 2.05) is 0 Å². The number of sulfonamides is 1. The molecular formula is C10H10FN3O3S. The van der Waals surface area contributed by atoms with Crippen molar-refractivity contribution in [3.05, 3.63) is 35.6 Å². The van der Waals surface area contributed by atoms with E-state index in [4.69, 9.17) is 4.52 Å². The fraction of sp³-hybridized carbons (Fsp3) is 0.200. The minimum atomic E-state index is -3.84. The quantitative estimate of drug-likeness (QED) is 0.917. The first kappa shape index (κ1) is 12.5. The molecule has 0 aromatic carbocycles. The molecule has 0 saturated heterocycles. The van der Waals surface area contributed by atoms with Crippen LogP contribution in [-0.2, 0) is 10.0 Å². The van der Waals surface area contributed by atoms with E-state index in [0.29, 0.717) is 0 Å². The predicted octanol–water partition coefficient (Wildman–Crippen LogP) is 1.63. The van der Waals surface area contributed by atoms with Gasteiger partial charge in [-0.15, -0.1) is 0 Å². The van der Waals surface area contributed by atoms with Crippen molar-refractivity contribution in [1.82, 2.24) is 10.1 Å². The number of hydrogen-bond acceptors (Lipinski definition) is 5. The normalized spacial score (nSPS) is 11.5. The molecular weight excluding hydrogens is 261 g/mol. The van der Waals surface area contributed by atoms with Crippen molar-refractivity contribution in [1.29, 1.82) is 0 Å². The Morgan fingerprint density at radius 3 is 2.56 bits per heavy atom. The highest BCUT2D eigenvalue weighted by Gasteiger charge is 2.24. The Hall–Kier alpha value is -1.96.